The van der Waals surface area contributed by atoms with Gasteiger partial charge in [-0.25, -0.2) is 0 Å². The number of ether oxygens (including phenoxy) is 1. The Kier molecular flexibility index (Phi) is 7.82. The number of halogens is 6. The van der Waals surface area contributed by atoms with Gasteiger partial charge in [-0.2, -0.15) is 26.3 Å². The Morgan fingerprint density at radius 2 is 1.82 bits per heavy atom. The highest BCUT2D eigenvalue weighted by atomic mass is 19.4. The second-order valence-electron chi connectivity index (χ2n) is 8.89. The largest absolute Gasteiger partial charge is 0.416 e. The number of nitrogens with zero attached hydrogens (tertiary/aromatic N) is 1. The monoisotopic (exact) mass is 490 g/mol. The van der Waals surface area contributed by atoms with E-state index in [1.165, 1.54) is 6.92 Å². The van der Waals surface area contributed by atoms with Gasteiger partial charge < -0.3 is 15.3 Å². The summed E-state index contributed by atoms with van der Waals surface area (Å²) < 4.78 is 85.4. The molecule has 0 amide bonds. The fourth-order valence-corrected chi connectivity index (χ4v) is 4.44. The van der Waals surface area contributed by atoms with Crippen molar-refractivity contribution >= 4 is 5.71 Å². The van der Waals surface area contributed by atoms with Crippen LogP contribution in [0.3, 0.4) is 0 Å². The number of nitrogens with one attached hydrogen (secondary N) is 1. The van der Waals surface area contributed by atoms with Crippen molar-refractivity contribution < 1.29 is 36.3 Å². The predicted molar refractivity (Wildman–Crippen MR) is 116 cm³/mol. The van der Waals surface area contributed by atoms with E-state index in [0.717, 1.165) is 18.4 Å². The molecular weight excluding hydrogens is 462 g/mol. The van der Waals surface area contributed by atoms with Gasteiger partial charge in [0.05, 0.1) is 35.1 Å². The van der Waals surface area contributed by atoms with Crippen LogP contribution in [0, 0.1) is 5.92 Å². The number of benzene rings is 1. The van der Waals surface area contributed by atoms with Gasteiger partial charge in [0.15, 0.2) is 0 Å². The maximum atomic E-state index is 13.3. The first-order valence-electron chi connectivity index (χ1n) is 11.1. The summed E-state index contributed by atoms with van der Waals surface area (Å²) in [6.45, 7) is 3.77. The van der Waals surface area contributed by atoms with E-state index in [1.54, 1.807) is 6.92 Å². The molecule has 0 aromatic heterocycles. The lowest BCUT2D eigenvalue weighted by atomic mass is 9.76. The van der Waals surface area contributed by atoms with Crippen molar-refractivity contribution in [2.24, 2.45) is 11.1 Å². The molecule has 2 aliphatic rings. The van der Waals surface area contributed by atoms with Crippen LogP contribution in [0.4, 0.5) is 26.3 Å². The van der Waals surface area contributed by atoms with Gasteiger partial charge in [-0.1, -0.05) is 23.4 Å². The van der Waals surface area contributed by atoms with Crippen LogP contribution in [0.15, 0.2) is 47.2 Å². The van der Waals surface area contributed by atoms with E-state index < -0.39 is 35.1 Å². The van der Waals surface area contributed by atoms with E-state index in [9.17, 15) is 26.3 Å². The van der Waals surface area contributed by atoms with Crippen LogP contribution in [0.25, 0.3) is 0 Å². The van der Waals surface area contributed by atoms with Crippen molar-refractivity contribution in [1.82, 2.24) is 5.32 Å². The third-order valence-corrected chi connectivity index (χ3v) is 6.64. The van der Waals surface area contributed by atoms with Gasteiger partial charge in [-0.15, -0.1) is 0 Å². The summed E-state index contributed by atoms with van der Waals surface area (Å²) in [4.78, 5) is 0. The molecule has 1 saturated heterocycles. The molecule has 4 nitrogen and oxygen atoms in total. The number of alkyl halides is 6. The zero-order chi connectivity index (χ0) is 25.1. The average Bonchev–Trinajstić information content (AvgIpc) is 2.81. The molecule has 1 aromatic rings. The molecule has 2 N–H and O–H groups in total. The van der Waals surface area contributed by atoms with Crippen LogP contribution >= 0.6 is 0 Å². The summed E-state index contributed by atoms with van der Waals surface area (Å²) in [6.07, 6.45) is -1.99. The Morgan fingerprint density at radius 1 is 1.18 bits per heavy atom. The van der Waals surface area contributed by atoms with Gasteiger partial charge >= 0.3 is 12.4 Å². The van der Waals surface area contributed by atoms with Gasteiger partial charge in [0.25, 0.3) is 0 Å². The minimum absolute atomic E-state index is 0.0214. The maximum absolute atomic E-state index is 13.3. The highest BCUT2D eigenvalue weighted by Gasteiger charge is 2.40. The Morgan fingerprint density at radius 3 is 2.29 bits per heavy atom. The van der Waals surface area contributed by atoms with Crippen molar-refractivity contribution in [3.05, 3.63) is 58.7 Å². The minimum atomic E-state index is -4.91. The van der Waals surface area contributed by atoms with Crippen LogP contribution in [0.1, 0.15) is 62.3 Å². The Balaban J connectivity index is 1.85. The summed E-state index contributed by atoms with van der Waals surface area (Å²) in [5.74, 6) is 0.0214. The van der Waals surface area contributed by atoms with Crippen LogP contribution in [-0.4, -0.2) is 29.6 Å². The number of piperidine rings is 1. The number of allylic oxidation sites excluding steroid dienone is 3. The SMILES string of the molecule is C/C(=N\O)C1CC[C@@](COC(C)c2cc(C(F)(F)F)cc(C(F)(F)F)c2)(C2=CC=CCC2)NC1. The third-order valence-electron chi connectivity index (χ3n) is 6.64. The first-order chi connectivity index (χ1) is 15.9. The minimum Gasteiger partial charge on any atom is -0.411 e. The van der Waals surface area contributed by atoms with Gasteiger partial charge in [0.1, 0.15) is 0 Å². The van der Waals surface area contributed by atoms with E-state index in [-0.39, 0.29) is 24.2 Å². The molecule has 188 valence electrons. The molecule has 2 unspecified atom stereocenters. The highest BCUT2D eigenvalue weighted by Crippen LogP contribution is 2.39. The molecule has 1 aliphatic carbocycles. The van der Waals surface area contributed by atoms with Gasteiger partial charge in [-0.05, 0) is 68.9 Å². The predicted octanol–water partition coefficient (Wildman–Crippen LogP) is 6.67. The zero-order valence-electron chi connectivity index (χ0n) is 18.9. The molecule has 0 spiro atoms. The first-order valence-corrected chi connectivity index (χ1v) is 11.1. The highest BCUT2D eigenvalue weighted by molar-refractivity contribution is 5.84. The van der Waals surface area contributed by atoms with E-state index >= 15 is 0 Å². The fraction of sp³-hybridized carbons (Fsp3) is 0.542. The fourth-order valence-electron chi connectivity index (χ4n) is 4.44. The lowest BCUT2D eigenvalue weighted by Crippen LogP contribution is -2.56. The number of hydrogen-bond donors (Lipinski definition) is 2. The first kappa shape index (κ1) is 26.3. The topological polar surface area (TPSA) is 53.9 Å². The molecule has 0 radical (unpaired) electrons. The van der Waals surface area contributed by atoms with Crippen molar-refractivity contribution in [3.8, 4) is 0 Å². The molecule has 0 saturated carbocycles. The molecule has 1 heterocycles. The quantitative estimate of drug-likeness (QED) is 0.203. The molecule has 3 atom stereocenters. The zero-order valence-corrected chi connectivity index (χ0v) is 18.9. The second-order valence-corrected chi connectivity index (χ2v) is 8.89. The molecule has 34 heavy (non-hydrogen) atoms. The second kappa shape index (κ2) is 10.1. The smallest absolute Gasteiger partial charge is 0.411 e. The van der Waals surface area contributed by atoms with Gasteiger partial charge in [-0.3, -0.25) is 0 Å². The van der Waals surface area contributed by atoms with E-state index in [1.807, 2.05) is 18.2 Å². The molecule has 3 rings (SSSR count). The number of hydrogen-bond acceptors (Lipinski definition) is 4. The number of oxime groups is 1. The van der Waals surface area contributed by atoms with Crippen LogP contribution < -0.4 is 5.32 Å². The van der Waals surface area contributed by atoms with Crippen molar-refractivity contribution in [1.29, 1.82) is 0 Å². The molecule has 1 aromatic carbocycles. The van der Waals surface area contributed by atoms with E-state index in [0.29, 0.717) is 37.2 Å². The van der Waals surface area contributed by atoms with Gasteiger partial charge in [0, 0.05) is 12.5 Å². The summed E-state index contributed by atoms with van der Waals surface area (Å²) >= 11 is 0. The standard InChI is InChI=1S/C24H28F6N2O2/c1-15(32-33)17-8-9-22(31-13-17,19-6-4-3-5-7-19)14-34-16(2)18-10-20(23(25,26)27)12-21(11-18)24(28,29)30/h3-4,6,10-12,16-17,31,33H,5,7-9,13-14H2,1-2H3/b32-15+/t16?,17?,22-/m1/s1. The molecule has 10 heteroatoms. The van der Waals surface area contributed by atoms with Crippen LogP contribution in [0.5, 0.6) is 0 Å². The summed E-state index contributed by atoms with van der Waals surface area (Å²) in [6, 6.07) is 1.53. The molecule has 1 aliphatic heterocycles. The average molecular weight is 490 g/mol. The lowest BCUT2D eigenvalue weighted by molar-refractivity contribution is -0.143. The number of rotatable bonds is 6. The molecule has 0 bridgehead atoms. The Labute approximate surface area is 194 Å². The van der Waals surface area contributed by atoms with Crippen LogP contribution in [0.2, 0.25) is 0 Å². The molecular formula is C24H28F6N2O2. The Hall–Kier alpha value is -2.33. The lowest BCUT2D eigenvalue weighted by Gasteiger charge is -2.44. The summed E-state index contributed by atoms with van der Waals surface area (Å²) in [7, 11) is 0. The normalized spacial score (nSPS) is 25.2. The molecule has 1 fully saturated rings. The van der Waals surface area contributed by atoms with Crippen molar-refractivity contribution in [2.75, 3.05) is 13.2 Å². The van der Waals surface area contributed by atoms with E-state index in [2.05, 4.69) is 10.5 Å². The van der Waals surface area contributed by atoms with Crippen molar-refractivity contribution in [3.63, 3.8) is 0 Å². The van der Waals surface area contributed by atoms with Crippen molar-refractivity contribution in [2.45, 2.75) is 63.5 Å². The summed E-state index contributed by atoms with van der Waals surface area (Å²) in [5, 5.41) is 15.8. The third kappa shape index (κ3) is 6.02. The van der Waals surface area contributed by atoms with E-state index in [4.69, 9.17) is 9.94 Å². The van der Waals surface area contributed by atoms with Gasteiger partial charge in [0.2, 0.25) is 0 Å². The summed E-state index contributed by atoms with van der Waals surface area (Å²) in [5.41, 5.74) is -1.86. The maximum Gasteiger partial charge on any atom is 0.416 e. The van der Waals surface area contributed by atoms with Crippen LogP contribution in [-0.2, 0) is 17.1 Å². The Bertz CT molecular complexity index is 925.